The fourth-order valence-electron chi connectivity index (χ4n) is 3.02. The molecule has 0 heterocycles. The summed E-state index contributed by atoms with van der Waals surface area (Å²) in [6.07, 6.45) is 4.15. The fraction of sp³-hybridized carbons (Fsp3) is 0.500. The minimum Gasteiger partial charge on any atom is -0.366 e. The molecule has 0 bridgehead atoms. The summed E-state index contributed by atoms with van der Waals surface area (Å²) in [5, 5.41) is 2.96. The number of anilines is 1. The van der Waals surface area contributed by atoms with Crippen LogP contribution in [0.25, 0.3) is 0 Å². The Balaban J connectivity index is 2.10. The van der Waals surface area contributed by atoms with E-state index in [0.29, 0.717) is 12.1 Å². The van der Waals surface area contributed by atoms with Gasteiger partial charge in [-0.15, -0.1) is 0 Å². The lowest BCUT2D eigenvalue weighted by atomic mass is 9.78. The first-order valence-corrected chi connectivity index (χ1v) is 7.44. The average molecular weight is 289 g/mol. The number of carbonyl (C=O) groups excluding carboxylic acids is 2. The molecule has 1 aliphatic rings. The van der Waals surface area contributed by atoms with Gasteiger partial charge in [0, 0.05) is 17.2 Å². The Bertz CT molecular complexity index is 542. The molecular weight excluding hydrogens is 266 g/mol. The van der Waals surface area contributed by atoms with Crippen molar-refractivity contribution in [2.45, 2.75) is 32.6 Å². The van der Waals surface area contributed by atoms with Crippen LogP contribution in [0.5, 0.6) is 0 Å². The van der Waals surface area contributed by atoms with Crippen LogP contribution in [-0.2, 0) is 4.79 Å². The lowest BCUT2D eigenvalue weighted by Gasteiger charge is -2.29. The summed E-state index contributed by atoms with van der Waals surface area (Å²) in [6, 6.07) is 5.05. The van der Waals surface area contributed by atoms with Crippen LogP contribution in [0.1, 0.15) is 41.6 Å². The molecule has 5 heteroatoms. The van der Waals surface area contributed by atoms with E-state index < -0.39 is 5.91 Å². The molecular formula is C16H23N3O2. The predicted octanol–water partition coefficient (Wildman–Crippen LogP) is 1.80. The zero-order valence-electron chi connectivity index (χ0n) is 12.4. The third-order valence-corrected chi connectivity index (χ3v) is 4.32. The van der Waals surface area contributed by atoms with E-state index in [9.17, 15) is 9.59 Å². The standard InChI is InChI=1S/C16H23N3O2/c1-10-8-11(15(18)20)6-7-14(10)19-16(21)13-5-3-2-4-12(13)9-17/h6-8,12-13H,2-5,9,17H2,1H3,(H2,18,20)(H,19,21). The van der Waals surface area contributed by atoms with Crippen molar-refractivity contribution in [2.75, 3.05) is 11.9 Å². The van der Waals surface area contributed by atoms with Gasteiger partial charge in [-0.05, 0) is 56.0 Å². The van der Waals surface area contributed by atoms with E-state index in [-0.39, 0.29) is 17.7 Å². The van der Waals surface area contributed by atoms with Crippen molar-refractivity contribution in [1.29, 1.82) is 0 Å². The van der Waals surface area contributed by atoms with Crippen LogP contribution in [0.4, 0.5) is 5.69 Å². The molecule has 1 aromatic rings. The zero-order valence-corrected chi connectivity index (χ0v) is 12.4. The molecule has 0 aromatic heterocycles. The van der Waals surface area contributed by atoms with Crippen LogP contribution in [-0.4, -0.2) is 18.4 Å². The Morgan fingerprint density at radius 1 is 1.29 bits per heavy atom. The second-order valence-corrected chi connectivity index (χ2v) is 5.77. The van der Waals surface area contributed by atoms with Gasteiger partial charge in [0.1, 0.15) is 0 Å². The Morgan fingerprint density at radius 2 is 2.00 bits per heavy atom. The molecule has 21 heavy (non-hydrogen) atoms. The van der Waals surface area contributed by atoms with Crippen molar-refractivity contribution in [3.8, 4) is 0 Å². The first-order chi connectivity index (χ1) is 10.0. The number of nitrogens with one attached hydrogen (secondary N) is 1. The Morgan fingerprint density at radius 3 is 2.62 bits per heavy atom. The van der Waals surface area contributed by atoms with E-state index in [1.165, 1.54) is 0 Å². The van der Waals surface area contributed by atoms with Crippen molar-refractivity contribution in [3.05, 3.63) is 29.3 Å². The third kappa shape index (κ3) is 3.61. The number of aryl methyl sites for hydroxylation is 1. The highest BCUT2D eigenvalue weighted by Crippen LogP contribution is 2.30. The molecule has 0 aliphatic heterocycles. The van der Waals surface area contributed by atoms with E-state index in [2.05, 4.69) is 5.32 Å². The molecule has 1 aromatic carbocycles. The van der Waals surface area contributed by atoms with E-state index >= 15 is 0 Å². The van der Waals surface area contributed by atoms with Crippen LogP contribution in [0, 0.1) is 18.8 Å². The van der Waals surface area contributed by atoms with Crippen LogP contribution < -0.4 is 16.8 Å². The molecule has 0 radical (unpaired) electrons. The smallest absolute Gasteiger partial charge is 0.248 e. The van der Waals surface area contributed by atoms with Crippen LogP contribution in [0.3, 0.4) is 0 Å². The lowest BCUT2D eigenvalue weighted by Crippen LogP contribution is -2.35. The maximum Gasteiger partial charge on any atom is 0.248 e. The number of primary amides is 1. The molecule has 1 saturated carbocycles. The molecule has 1 aliphatic carbocycles. The van der Waals surface area contributed by atoms with Crippen molar-refractivity contribution in [3.63, 3.8) is 0 Å². The number of amides is 2. The first kappa shape index (κ1) is 15.5. The summed E-state index contributed by atoms with van der Waals surface area (Å²) >= 11 is 0. The number of hydrogen-bond acceptors (Lipinski definition) is 3. The highest BCUT2D eigenvalue weighted by Gasteiger charge is 2.30. The monoisotopic (exact) mass is 289 g/mol. The number of rotatable bonds is 4. The number of carbonyl (C=O) groups is 2. The summed E-state index contributed by atoms with van der Waals surface area (Å²) in [5.41, 5.74) is 13.0. The molecule has 2 unspecified atom stereocenters. The molecule has 0 spiro atoms. The summed E-state index contributed by atoms with van der Waals surface area (Å²) < 4.78 is 0. The van der Waals surface area contributed by atoms with Crippen LogP contribution in [0.15, 0.2) is 18.2 Å². The SMILES string of the molecule is Cc1cc(C(N)=O)ccc1NC(=O)C1CCCCC1CN. The number of nitrogens with two attached hydrogens (primary N) is 2. The molecule has 5 N–H and O–H groups in total. The number of benzene rings is 1. The molecule has 2 atom stereocenters. The molecule has 114 valence electrons. The van der Waals surface area contributed by atoms with Crippen molar-refractivity contribution >= 4 is 17.5 Å². The quantitative estimate of drug-likeness (QED) is 0.788. The van der Waals surface area contributed by atoms with E-state index in [1.54, 1.807) is 18.2 Å². The van der Waals surface area contributed by atoms with E-state index in [0.717, 1.165) is 36.9 Å². The first-order valence-electron chi connectivity index (χ1n) is 7.44. The summed E-state index contributed by atoms with van der Waals surface area (Å²) in [4.78, 5) is 23.6. The van der Waals surface area contributed by atoms with Gasteiger partial charge in [0.05, 0.1) is 0 Å². The number of hydrogen-bond donors (Lipinski definition) is 3. The highest BCUT2D eigenvalue weighted by atomic mass is 16.2. The molecule has 0 saturated heterocycles. The highest BCUT2D eigenvalue weighted by molar-refractivity contribution is 5.96. The van der Waals surface area contributed by atoms with Gasteiger partial charge in [-0.3, -0.25) is 9.59 Å². The van der Waals surface area contributed by atoms with Crippen molar-refractivity contribution in [2.24, 2.45) is 23.3 Å². The largest absolute Gasteiger partial charge is 0.366 e. The minimum absolute atomic E-state index is 0.0148. The summed E-state index contributed by atoms with van der Waals surface area (Å²) in [7, 11) is 0. The van der Waals surface area contributed by atoms with Crippen LogP contribution in [0.2, 0.25) is 0 Å². The van der Waals surface area contributed by atoms with Crippen molar-refractivity contribution < 1.29 is 9.59 Å². The molecule has 2 amide bonds. The molecule has 2 rings (SSSR count). The maximum atomic E-state index is 12.4. The van der Waals surface area contributed by atoms with Gasteiger partial charge >= 0.3 is 0 Å². The van der Waals surface area contributed by atoms with Crippen LogP contribution >= 0.6 is 0 Å². The normalized spacial score (nSPS) is 21.8. The topological polar surface area (TPSA) is 98.2 Å². The average Bonchev–Trinajstić information content (AvgIpc) is 2.48. The Kier molecular flexibility index (Phi) is 4.96. The van der Waals surface area contributed by atoms with Gasteiger partial charge in [-0.25, -0.2) is 0 Å². The third-order valence-electron chi connectivity index (χ3n) is 4.32. The Labute approximate surface area is 125 Å². The lowest BCUT2D eigenvalue weighted by molar-refractivity contribution is -0.122. The second kappa shape index (κ2) is 6.72. The van der Waals surface area contributed by atoms with Gasteiger partial charge in [0.2, 0.25) is 11.8 Å². The van der Waals surface area contributed by atoms with E-state index in [1.807, 2.05) is 6.92 Å². The fourth-order valence-corrected chi connectivity index (χ4v) is 3.02. The molecule has 5 nitrogen and oxygen atoms in total. The van der Waals surface area contributed by atoms with Gasteiger partial charge in [0.25, 0.3) is 0 Å². The molecule has 1 fully saturated rings. The Hall–Kier alpha value is -1.88. The summed E-state index contributed by atoms with van der Waals surface area (Å²) in [5.74, 6) is -0.186. The van der Waals surface area contributed by atoms with Gasteiger partial charge in [-0.2, -0.15) is 0 Å². The van der Waals surface area contributed by atoms with E-state index in [4.69, 9.17) is 11.5 Å². The van der Waals surface area contributed by atoms with Gasteiger partial charge in [0.15, 0.2) is 0 Å². The summed E-state index contributed by atoms with van der Waals surface area (Å²) in [6.45, 7) is 2.40. The van der Waals surface area contributed by atoms with Gasteiger partial charge < -0.3 is 16.8 Å². The van der Waals surface area contributed by atoms with Gasteiger partial charge in [-0.1, -0.05) is 12.8 Å². The minimum atomic E-state index is -0.466. The second-order valence-electron chi connectivity index (χ2n) is 5.77. The maximum absolute atomic E-state index is 12.4. The predicted molar refractivity (Wildman–Crippen MR) is 82.8 cm³/mol. The zero-order chi connectivity index (χ0) is 15.4. The van der Waals surface area contributed by atoms with Crippen molar-refractivity contribution in [1.82, 2.24) is 0 Å².